The summed E-state index contributed by atoms with van der Waals surface area (Å²) in [7, 11) is 0. The third-order valence-electron chi connectivity index (χ3n) is 3.43. The van der Waals surface area contributed by atoms with Crippen LogP contribution in [0.2, 0.25) is 0 Å². The molecule has 0 spiro atoms. The van der Waals surface area contributed by atoms with Crippen molar-refractivity contribution < 1.29 is 0 Å². The van der Waals surface area contributed by atoms with Crippen molar-refractivity contribution in [2.45, 2.75) is 31.2 Å². The molecular formula is C15H24N2S. The van der Waals surface area contributed by atoms with Crippen LogP contribution in [-0.2, 0) is 0 Å². The fraction of sp³-hybridized carbons (Fsp3) is 0.600. The molecular weight excluding hydrogens is 240 g/mol. The molecule has 1 aromatic rings. The molecule has 1 N–H and O–H groups in total. The highest BCUT2D eigenvalue weighted by Gasteiger charge is 2.20. The topological polar surface area (TPSA) is 15.3 Å². The zero-order chi connectivity index (χ0) is 13.0. The predicted molar refractivity (Wildman–Crippen MR) is 81.7 cm³/mol. The van der Waals surface area contributed by atoms with Gasteiger partial charge in [-0.2, -0.15) is 0 Å². The van der Waals surface area contributed by atoms with Crippen LogP contribution in [0.1, 0.15) is 20.3 Å². The van der Waals surface area contributed by atoms with Crippen LogP contribution in [0.4, 0.5) is 5.69 Å². The average molecular weight is 264 g/mol. The molecule has 1 fully saturated rings. The minimum absolute atomic E-state index is 0.636. The standard InChI is InChI=1S/C15H24N2S/c1-12(2)9-13-11-17(8-7-16-13)14-5-4-6-15(10-14)18-3/h4-6,10,12-13,16H,7-9,11H2,1-3H3. The Balaban J connectivity index is 2.03. The summed E-state index contributed by atoms with van der Waals surface area (Å²) in [4.78, 5) is 3.87. The lowest BCUT2D eigenvalue weighted by Crippen LogP contribution is -2.51. The number of hydrogen-bond donors (Lipinski definition) is 1. The lowest BCUT2D eigenvalue weighted by molar-refractivity contribution is 0.388. The molecule has 2 nitrogen and oxygen atoms in total. The molecule has 0 saturated carbocycles. The molecule has 0 aromatic heterocycles. The van der Waals surface area contributed by atoms with E-state index in [4.69, 9.17) is 0 Å². The molecule has 1 aliphatic heterocycles. The molecule has 2 rings (SSSR count). The van der Waals surface area contributed by atoms with Gasteiger partial charge in [-0.15, -0.1) is 11.8 Å². The van der Waals surface area contributed by atoms with Gasteiger partial charge in [0, 0.05) is 36.3 Å². The summed E-state index contributed by atoms with van der Waals surface area (Å²) in [5.74, 6) is 0.764. The van der Waals surface area contributed by atoms with Gasteiger partial charge in [0.15, 0.2) is 0 Å². The van der Waals surface area contributed by atoms with Crippen LogP contribution in [-0.4, -0.2) is 31.9 Å². The van der Waals surface area contributed by atoms with Gasteiger partial charge >= 0.3 is 0 Å². The normalized spacial score (nSPS) is 20.4. The van der Waals surface area contributed by atoms with E-state index in [0.29, 0.717) is 6.04 Å². The minimum Gasteiger partial charge on any atom is -0.369 e. The van der Waals surface area contributed by atoms with Crippen molar-refractivity contribution in [1.82, 2.24) is 5.32 Å². The maximum atomic E-state index is 3.63. The molecule has 18 heavy (non-hydrogen) atoms. The Morgan fingerprint density at radius 3 is 3.00 bits per heavy atom. The molecule has 1 saturated heterocycles. The summed E-state index contributed by atoms with van der Waals surface area (Å²) < 4.78 is 0. The Bertz CT molecular complexity index is 379. The molecule has 0 bridgehead atoms. The number of rotatable bonds is 4. The van der Waals surface area contributed by atoms with Gasteiger partial charge in [0.05, 0.1) is 0 Å². The van der Waals surface area contributed by atoms with E-state index in [1.54, 1.807) is 0 Å². The highest BCUT2D eigenvalue weighted by molar-refractivity contribution is 7.98. The highest BCUT2D eigenvalue weighted by atomic mass is 32.2. The fourth-order valence-electron chi connectivity index (χ4n) is 2.59. The lowest BCUT2D eigenvalue weighted by Gasteiger charge is -2.36. The minimum atomic E-state index is 0.636. The number of piperazine rings is 1. The Hall–Kier alpha value is -0.670. The Kier molecular flexibility index (Phi) is 4.95. The van der Waals surface area contributed by atoms with E-state index in [9.17, 15) is 0 Å². The van der Waals surface area contributed by atoms with Crippen LogP contribution < -0.4 is 10.2 Å². The SMILES string of the molecule is CSc1cccc(N2CCNC(CC(C)C)C2)c1. The summed E-state index contributed by atoms with van der Waals surface area (Å²) in [6.07, 6.45) is 3.40. The van der Waals surface area contributed by atoms with E-state index < -0.39 is 0 Å². The van der Waals surface area contributed by atoms with Gasteiger partial charge in [0.25, 0.3) is 0 Å². The molecule has 0 aliphatic carbocycles. The van der Waals surface area contributed by atoms with Crippen molar-refractivity contribution in [3.63, 3.8) is 0 Å². The number of nitrogens with one attached hydrogen (secondary N) is 1. The molecule has 0 radical (unpaired) electrons. The van der Waals surface area contributed by atoms with E-state index in [2.05, 4.69) is 54.6 Å². The summed E-state index contributed by atoms with van der Waals surface area (Å²) in [6.45, 7) is 7.95. The molecule has 0 amide bonds. The lowest BCUT2D eigenvalue weighted by atomic mass is 10.0. The summed E-state index contributed by atoms with van der Waals surface area (Å²) in [5.41, 5.74) is 1.37. The summed E-state index contributed by atoms with van der Waals surface area (Å²) in [5, 5.41) is 3.63. The molecule has 1 aromatic carbocycles. The van der Waals surface area contributed by atoms with Gasteiger partial charge in [0.2, 0.25) is 0 Å². The third kappa shape index (κ3) is 3.66. The fourth-order valence-corrected chi connectivity index (χ4v) is 3.05. The number of hydrogen-bond acceptors (Lipinski definition) is 3. The molecule has 3 heteroatoms. The second kappa shape index (κ2) is 6.48. The van der Waals surface area contributed by atoms with Crippen molar-refractivity contribution in [1.29, 1.82) is 0 Å². The van der Waals surface area contributed by atoms with Gasteiger partial charge in [-0.25, -0.2) is 0 Å². The Morgan fingerprint density at radius 1 is 1.44 bits per heavy atom. The first-order valence-corrected chi connectivity index (χ1v) is 8.04. The third-order valence-corrected chi connectivity index (χ3v) is 4.16. The first-order valence-electron chi connectivity index (χ1n) is 6.81. The van der Waals surface area contributed by atoms with Gasteiger partial charge in [-0.05, 0) is 36.8 Å². The highest BCUT2D eigenvalue weighted by Crippen LogP contribution is 2.23. The van der Waals surface area contributed by atoms with E-state index in [1.165, 1.54) is 17.0 Å². The molecule has 1 heterocycles. The van der Waals surface area contributed by atoms with Crippen LogP contribution in [0.15, 0.2) is 29.2 Å². The van der Waals surface area contributed by atoms with E-state index in [0.717, 1.165) is 25.6 Å². The van der Waals surface area contributed by atoms with E-state index in [1.807, 2.05) is 11.8 Å². The van der Waals surface area contributed by atoms with E-state index in [-0.39, 0.29) is 0 Å². The van der Waals surface area contributed by atoms with Gasteiger partial charge in [-0.1, -0.05) is 19.9 Å². The van der Waals surface area contributed by atoms with E-state index >= 15 is 0 Å². The predicted octanol–water partition coefficient (Wildman–Crippen LogP) is 3.23. The first-order chi connectivity index (χ1) is 8.69. The largest absolute Gasteiger partial charge is 0.369 e. The molecule has 1 atom stereocenters. The van der Waals surface area contributed by atoms with Crippen LogP contribution in [0, 0.1) is 5.92 Å². The first kappa shape index (κ1) is 13.8. The number of anilines is 1. The monoisotopic (exact) mass is 264 g/mol. The Labute approximate surface area is 115 Å². The molecule has 1 aliphatic rings. The maximum absolute atomic E-state index is 3.63. The average Bonchev–Trinajstić information content (AvgIpc) is 2.38. The van der Waals surface area contributed by atoms with Crippen LogP contribution in [0.25, 0.3) is 0 Å². The second-order valence-corrected chi connectivity index (χ2v) is 6.31. The second-order valence-electron chi connectivity index (χ2n) is 5.43. The zero-order valence-electron chi connectivity index (χ0n) is 11.6. The number of thioether (sulfide) groups is 1. The maximum Gasteiger partial charge on any atom is 0.0378 e. The van der Waals surface area contributed by atoms with Crippen molar-refractivity contribution in [3.05, 3.63) is 24.3 Å². The summed E-state index contributed by atoms with van der Waals surface area (Å²) in [6, 6.07) is 9.53. The Morgan fingerprint density at radius 2 is 2.28 bits per heavy atom. The van der Waals surface area contributed by atoms with Crippen LogP contribution in [0.3, 0.4) is 0 Å². The van der Waals surface area contributed by atoms with Gasteiger partial charge in [-0.3, -0.25) is 0 Å². The van der Waals surface area contributed by atoms with Crippen molar-refractivity contribution in [2.24, 2.45) is 5.92 Å². The van der Waals surface area contributed by atoms with Crippen molar-refractivity contribution >= 4 is 17.4 Å². The quantitative estimate of drug-likeness (QED) is 0.841. The van der Waals surface area contributed by atoms with Crippen molar-refractivity contribution in [2.75, 3.05) is 30.8 Å². The van der Waals surface area contributed by atoms with Crippen LogP contribution in [0.5, 0.6) is 0 Å². The van der Waals surface area contributed by atoms with Gasteiger partial charge < -0.3 is 10.2 Å². The number of benzene rings is 1. The molecule has 100 valence electrons. The zero-order valence-corrected chi connectivity index (χ0v) is 12.5. The smallest absolute Gasteiger partial charge is 0.0378 e. The molecule has 1 unspecified atom stereocenters. The van der Waals surface area contributed by atoms with Crippen LogP contribution >= 0.6 is 11.8 Å². The number of nitrogens with zero attached hydrogens (tertiary/aromatic N) is 1. The summed E-state index contributed by atoms with van der Waals surface area (Å²) >= 11 is 1.82. The van der Waals surface area contributed by atoms with Crippen molar-refractivity contribution in [3.8, 4) is 0 Å². The van der Waals surface area contributed by atoms with Gasteiger partial charge in [0.1, 0.15) is 0 Å².